The molecule has 1 aliphatic heterocycles. The fourth-order valence-electron chi connectivity index (χ4n) is 3.25. The third-order valence-electron chi connectivity index (χ3n) is 4.38. The van der Waals surface area contributed by atoms with Gasteiger partial charge in [0.25, 0.3) is 0 Å². The Bertz CT molecular complexity index is 844. The molecular formula is C19H22ClN3O3. The minimum atomic E-state index is -0.381. The Morgan fingerprint density at radius 2 is 2.12 bits per heavy atom. The number of nitrogens with one attached hydrogen (secondary N) is 2. The number of ether oxygens (including phenoxy) is 2. The normalized spacial score (nSPS) is 16.1. The van der Waals surface area contributed by atoms with E-state index in [2.05, 4.69) is 22.4 Å². The van der Waals surface area contributed by atoms with Crippen molar-refractivity contribution in [2.75, 3.05) is 19.0 Å². The lowest BCUT2D eigenvalue weighted by molar-refractivity contribution is -0.138. The van der Waals surface area contributed by atoms with E-state index in [1.165, 1.54) is 0 Å². The second kappa shape index (κ2) is 7.83. The third kappa shape index (κ3) is 3.29. The largest absolute Gasteiger partial charge is 0.497 e. The van der Waals surface area contributed by atoms with Gasteiger partial charge in [-0.2, -0.15) is 5.10 Å². The highest BCUT2D eigenvalue weighted by Crippen LogP contribution is 2.45. The maximum absolute atomic E-state index is 12.8. The van der Waals surface area contributed by atoms with E-state index in [9.17, 15) is 4.79 Å². The van der Waals surface area contributed by atoms with Gasteiger partial charge in [-0.1, -0.05) is 24.9 Å². The first-order valence-electron chi connectivity index (χ1n) is 8.64. The molecule has 1 atom stereocenters. The van der Waals surface area contributed by atoms with Crippen molar-refractivity contribution in [1.82, 2.24) is 10.2 Å². The molecule has 0 bridgehead atoms. The molecule has 2 heterocycles. The summed E-state index contributed by atoms with van der Waals surface area (Å²) < 4.78 is 10.7. The number of H-pyrrole nitrogens is 1. The molecule has 1 aromatic heterocycles. The molecule has 0 spiro atoms. The molecule has 0 amide bonds. The van der Waals surface area contributed by atoms with Crippen LogP contribution in [0.2, 0.25) is 5.02 Å². The van der Waals surface area contributed by atoms with Crippen LogP contribution in [-0.2, 0) is 9.53 Å². The first kappa shape index (κ1) is 18.3. The summed E-state index contributed by atoms with van der Waals surface area (Å²) in [6.07, 6.45) is 3.31. The maximum Gasteiger partial charge on any atom is 0.336 e. The summed E-state index contributed by atoms with van der Waals surface area (Å²) in [5.41, 5.74) is 3.03. The Hall–Kier alpha value is -2.47. The number of hydrogen-bond acceptors (Lipinski definition) is 5. The number of esters is 1. The lowest BCUT2D eigenvalue weighted by atomic mass is 9.82. The monoisotopic (exact) mass is 375 g/mol. The second-order valence-corrected chi connectivity index (χ2v) is 6.42. The van der Waals surface area contributed by atoms with Gasteiger partial charge in [0.1, 0.15) is 11.6 Å². The van der Waals surface area contributed by atoms with Crippen molar-refractivity contribution in [2.24, 2.45) is 0 Å². The minimum absolute atomic E-state index is 0.304. The molecule has 0 radical (unpaired) electrons. The summed E-state index contributed by atoms with van der Waals surface area (Å²) in [6, 6.07) is 5.43. The summed E-state index contributed by atoms with van der Waals surface area (Å²) in [6.45, 7) is 4.16. The van der Waals surface area contributed by atoms with Gasteiger partial charge in [-0.3, -0.25) is 5.10 Å². The molecular weight excluding hydrogens is 354 g/mol. The quantitative estimate of drug-likeness (QED) is 0.738. The van der Waals surface area contributed by atoms with Gasteiger partial charge in [-0.15, -0.1) is 0 Å². The Kier molecular flexibility index (Phi) is 5.52. The molecule has 2 N–H and O–H groups in total. The van der Waals surface area contributed by atoms with Crippen molar-refractivity contribution in [3.63, 3.8) is 0 Å². The first-order chi connectivity index (χ1) is 12.6. The molecule has 0 saturated carbocycles. The Labute approximate surface area is 157 Å². The molecule has 0 fully saturated rings. The average Bonchev–Trinajstić information content (AvgIpc) is 3.10. The van der Waals surface area contributed by atoms with Gasteiger partial charge in [0, 0.05) is 22.2 Å². The van der Waals surface area contributed by atoms with E-state index in [-0.39, 0.29) is 11.9 Å². The smallest absolute Gasteiger partial charge is 0.336 e. The second-order valence-electron chi connectivity index (χ2n) is 6.01. The molecule has 26 heavy (non-hydrogen) atoms. The molecule has 3 rings (SSSR count). The lowest BCUT2D eigenvalue weighted by Crippen LogP contribution is -2.25. The van der Waals surface area contributed by atoms with Gasteiger partial charge in [0.05, 0.1) is 25.5 Å². The number of aromatic amines is 1. The van der Waals surface area contributed by atoms with E-state index in [0.717, 1.165) is 29.1 Å². The Balaban J connectivity index is 2.22. The number of hydrogen-bond donors (Lipinski definition) is 2. The van der Waals surface area contributed by atoms with Crippen LogP contribution in [-0.4, -0.2) is 29.9 Å². The van der Waals surface area contributed by atoms with E-state index in [1.807, 2.05) is 6.07 Å². The predicted octanol–water partition coefficient (Wildman–Crippen LogP) is 4.25. The SMILES string of the molecule is CCCC1=C(C(=O)OCC)C(c2cc(OC)ccc2Cl)c2cn[nH]c2N1. The molecule has 7 heteroatoms. The number of fused-ring (bicyclic) bond motifs is 1. The third-order valence-corrected chi connectivity index (χ3v) is 4.72. The Morgan fingerprint density at radius 1 is 1.31 bits per heavy atom. The number of allylic oxidation sites excluding steroid dienone is 1. The zero-order valence-electron chi connectivity index (χ0n) is 15.1. The minimum Gasteiger partial charge on any atom is -0.497 e. The highest BCUT2D eigenvalue weighted by Gasteiger charge is 2.36. The van der Waals surface area contributed by atoms with Crippen LogP contribution in [0.15, 0.2) is 35.7 Å². The molecule has 1 aromatic carbocycles. The summed E-state index contributed by atoms with van der Waals surface area (Å²) in [7, 11) is 1.60. The van der Waals surface area contributed by atoms with E-state index < -0.39 is 0 Å². The van der Waals surface area contributed by atoms with E-state index in [4.69, 9.17) is 21.1 Å². The molecule has 0 aliphatic carbocycles. The van der Waals surface area contributed by atoms with Crippen LogP contribution in [0.4, 0.5) is 5.82 Å². The van der Waals surface area contributed by atoms with Crippen LogP contribution in [0.25, 0.3) is 0 Å². The van der Waals surface area contributed by atoms with Crippen molar-refractivity contribution in [3.8, 4) is 5.75 Å². The number of nitrogens with zero attached hydrogens (tertiary/aromatic N) is 1. The summed E-state index contributed by atoms with van der Waals surface area (Å²) in [5.74, 6) is 0.714. The van der Waals surface area contributed by atoms with Gasteiger partial charge in [0.2, 0.25) is 0 Å². The molecule has 1 aliphatic rings. The summed E-state index contributed by atoms with van der Waals surface area (Å²) in [5, 5.41) is 11.0. The van der Waals surface area contributed by atoms with Gasteiger partial charge in [-0.25, -0.2) is 4.79 Å². The van der Waals surface area contributed by atoms with Crippen molar-refractivity contribution in [3.05, 3.63) is 51.8 Å². The van der Waals surface area contributed by atoms with E-state index in [0.29, 0.717) is 29.4 Å². The van der Waals surface area contributed by atoms with Crippen LogP contribution < -0.4 is 10.1 Å². The molecule has 2 aromatic rings. The zero-order chi connectivity index (χ0) is 18.7. The van der Waals surface area contributed by atoms with Crippen LogP contribution in [0.1, 0.15) is 43.7 Å². The van der Waals surface area contributed by atoms with Crippen LogP contribution in [0.5, 0.6) is 5.75 Å². The van der Waals surface area contributed by atoms with Gasteiger partial charge < -0.3 is 14.8 Å². The number of anilines is 1. The first-order valence-corrected chi connectivity index (χ1v) is 9.02. The molecule has 1 unspecified atom stereocenters. The predicted molar refractivity (Wildman–Crippen MR) is 101 cm³/mol. The fraction of sp³-hybridized carbons (Fsp3) is 0.368. The highest BCUT2D eigenvalue weighted by molar-refractivity contribution is 6.31. The number of rotatable bonds is 6. The van der Waals surface area contributed by atoms with E-state index in [1.54, 1.807) is 32.4 Å². The Morgan fingerprint density at radius 3 is 2.81 bits per heavy atom. The van der Waals surface area contributed by atoms with Crippen LogP contribution in [0.3, 0.4) is 0 Å². The van der Waals surface area contributed by atoms with Gasteiger partial charge in [-0.05, 0) is 37.1 Å². The number of carbonyl (C=O) groups is 1. The van der Waals surface area contributed by atoms with Crippen molar-refractivity contribution >= 4 is 23.4 Å². The van der Waals surface area contributed by atoms with Crippen LogP contribution >= 0.6 is 11.6 Å². The summed E-state index contributed by atoms with van der Waals surface area (Å²) >= 11 is 6.51. The molecule has 138 valence electrons. The van der Waals surface area contributed by atoms with E-state index >= 15 is 0 Å². The van der Waals surface area contributed by atoms with Gasteiger partial charge in [0.15, 0.2) is 0 Å². The maximum atomic E-state index is 12.8. The van der Waals surface area contributed by atoms with Crippen LogP contribution in [0, 0.1) is 0 Å². The van der Waals surface area contributed by atoms with Crippen molar-refractivity contribution < 1.29 is 14.3 Å². The fourth-order valence-corrected chi connectivity index (χ4v) is 3.48. The topological polar surface area (TPSA) is 76.2 Å². The highest BCUT2D eigenvalue weighted by atomic mass is 35.5. The summed E-state index contributed by atoms with van der Waals surface area (Å²) in [4.78, 5) is 12.8. The van der Waals surface area contributed by atoms with Crippen molar-refractivity contribution in [2.45, 2.75) is 32.6 Å². The molecule has 0 saturated heterocycles. The number of benzene rings is 1. The number of halogens is 1. The molecule has 6 nitrogen and oxygen atoms in total. The van der Waals surface area contributed by atoms with Crippen molar-refractivity contribution in [1.29, 1.82) is 0 Å². The standard InChI is InChI=1S/C19H22ClN3O3/c1-4-6-15-17(19(24)26-5-2)16(13-10-21-23-18(13)22-15)12-9-11(25-3)7-8-14(12)20/h7-10,16H,4-6H2,1-3H3,(H2,21,22,23). The zero-order valence-corrected chi connectivity index (χ0v) is 15.8. The number of aromatic nitrogens is 2. The van der Waals surface area contributed by atoms with Gasteiger partial charge >= 0.3 is 5.97 Å². The average molecular weight is 376 g/mol. The number of carbonyl (C=O) groups excluding carboxylic acids is 1. The number of methoxy groups -OCH3 is 1. The lowest BCUT2D eigenvalue weighted by Gasteiger charge is -2.29.